The molecule has 1 saturated carbocycles. The summed E-state index contributed by atoms with van der Waals surface area (Å²) in [6.07, 6.45) is 3.97. The summed E-state index contributed by atoms with van der Waals surface area (Å²) in [5.74, 6) is 5.03. The van der Waals surface area contributed by atoms with Crippen LogP contribution in [0.4, 0.5) is 5.95 Å². The van der Waals surface area contributed by atoms with Crippen molar-refractivity contribution in [3.63, 3.8) is 0 Å². The topological polar surface area (TPSA) is 29.0 Å². The van der Waals surface area contributed by atoms with E-state index in [9.17, 15) is 0 Å². The number of aromatic nitrogens is 2. The Kier molecular flexibility index (Phi) is 2.80. The average molecular weight is 245 g/mol. The largest absolute Gasteiger partial charge is 0.340 e. The molecule has 18 heavy (non-hydrogen) atoms. The smallest absolute Gasteiger partial charge is 0.225 e. The van der Waals surface area contributed by atoms with Gasteiger partial charge in [0.1, 0.15) is 0 Å². The highest BCUT2D eigenvalue weighted by molar-refractivity contribution is 5.36. The Balaban J connectivity index is 1.65. The van der Waals surface area contributed by atoms with Gasteiger partial charge in [0.2, 0.25) is 5.95 Å². The Morgan fingerprint density at radius 1 is 1.06 bits per heavy atom. The minimum atomic E-state index is 0.511. The molecule has 0 amide bonds. The molecule has 0 radical (unpaired) electrons. The Morgan fingerprint density at radius 2 is 1.61 bits per heavy atom. The fraction of sp³-hybridized carbons (Fsp3) is 0.733. The lowest BCUT2D eigenvalue weighted by Gasteiger charge is -2.21. The molecule has 1 aliphatic heterocycles. The number of piperidine rings is 1. The maximum Gasteiger partial charge on any atom is 0.225 e. The number of nitrogens with zero attached hydrogens (tertiary/aromatic N) is 3. The highest BCUT2D eigenvalue weighted by atomic mass is 15.3. The molecule has 2 unspecified atom stereocenters. The number of rotatable bonds is 3. The van der Waals surface area contributed by atoms with Gasteiger partial charge in [0.05, 0.1) is 0 Å². The predicted molar refractivity (Wildman–Crippen MR) is 73.6 cm³/mol. The van der Waals surface area contributed by atoms with Crippen LogP contribution in [0.3, 0.4) is 0 Å². The average Bonchev–Trinajstić information content (AvgIpc) is 2.86. The highest BCUT2D eigenvalue weighted by Gasteiger charge is 2.56. The summed E-state index contributed by atoms with van der Waals surface area (Å²) in [6, 6.07) is 0. The van der Waals surface area contributed by atoms with Crippen LogP contribution >= 0.6 is 0 Å². The Labute approximate surface area is 110 Å². The van der Waals surface area contributed by atoms with Crippen LogP contribution in [-0.4, -0.2) is 23.1 Å². The first-order valence-corrected chi connectivity index (χ1v) is 7.14. The van der Waals surface area contributed by atoms with Crippen LogP contribution < -0.4 is 4.90 Å². The molecular weight excluding hydrogens is 222 g/mol. The van der Waals surface area contributed by atoms with Gasteiger partial charge in [-0.25, -0.2) is 9.97 Å². The zero-order chi connectivity index (χ0) is 12.9. The van der Waals surface area contributed by atoms with Crippen LogP contribution in [0, 0.1) is 23.7 Å². The summed E-state index contributed by atoms with van der Waals surface area (Å²) in [6.45, 7) is 11.4. The van der Waals surface area contributed by atoms with Gasteiger partial charge in [-0.1, -0.05) is 27.7 Å². The SMILES string of the molecule is CC(C)c1cnc(N2CC3C(C2)C3C(C)C)nc1. The summed E-state index contributed by atoms with van der Waals surface area (Å²) < 4.78 is 0. The summed E-state index contributed by atoms with van der Waals surface area (Å²) >= 11 is 0. The number of hydrogen-bond donors (Lipinski definition) is 0. The molecule has 2 atom stereocenters. The van der Waals surface area contributed by atoms with E-state index < -0.39 is 0 Å². The third-order valence-corrected chi connectivity index (χ3v) is 4.64. The van der Waals surface area contributed by atoms with E-state index >= 15 is 0 Å². The van der Waals surface area contributed by atoms with E-state index in [2.05, 4.69) is 42.6 Å². The zero-order valence-electron chi connectivity index (χ0n) is 11.8. The quantitative estimate of drug-likeness (QED) is 0.820. The number of fused-ring (bicyclic) bond motifs is 1. The summed E-state index contributed by atoms with van der Waals surface area (Å²) in [7, 11) is 0. The van der Waals surface area contributed by atoms with E-state index in [-0.39, 0.29) is 0 Å². The molecule has 2 aliphatic rings. The number of anilines is 1. The second-order valence-electron chi connectivity index (χ2n) is 6.53. The molecule has 0 spiro atoms. The monoisotopic (exact) mass is 245 g/mol. The van der Waals surface area contributed by atoms with Crippen molar-refractivity contribution in [1.29, 1.82) is 0 Å². The summed E-state index contributed by atoms with van der Waals surface area (Å²) in [4.78, 5) is 11.4. The van der Waals surface area contributed by atoms with Crippen molar-refractivity contribution < 1.29 is 0 Å². The molecule has 1 aliphatic carbocycles. The second-order valence-corrected chi connectivity index (χ2v) is 6.53. The third-order valence-electron chi connectivity index (χ3n) is 4.64. The van der Waals surface area contributed by atoms with Gasteiger partial charge in [0.25, 0.3) is 0 Å². The van der Waals surface area contributed by atoms with Crippen molar-refractivity contribution in [1.82, 2.24) is 9.97 Å². The van der Waals surface area contributed by atoms with Crippen molar-refractivity contribution in [3.8, 4) is 0 Å². The van der Waals surface area contributed by atoms with Crippen molar-refractivity contribution in [3.05, 3.63) is 18.0 Å². The van der Waals surface area contributed by atoms with Gasteiger partial charge >= 0.3 is 0 Å². The van der Waals surface area contributed by atoms with Crippen LogP contribution in [-0.2, 0) is 0 Å². The second kappa shape index (κ2) is 4.22. The first-order valence-electron chi connectivity index (χ1n) is 7.14. The van der Waals surface area contributed by atoms with Crippen LogP contribution in [0.2, 0.25) is 0 Å². The van der Waals surface area contributed by atoms with Crippen molar-refractivity contribution in [2.45, 2.75) is 33.6 Å². The molecule has 1 aromatic heterocycles. The van der Waals surface area contributed by atoms with E-state index in [1.165, 1.54) is 5.56 Å². The molecule has 0 bridgehead atoms. The molecule has 0 aromatic carbocycles. The normalized spacial score (nSPS) is 30.1. The maximum atomic E-state index is 4.52. The van der Waals surface area contributed by atoms with Crippen molar-refractivity contribution in [2.24, 2.45) is 23.7 Å². The standard InChI is InChI=1S/C15H23N3/c1-9(2)11-5-16-15(17-6-11)18-7-12-13(8-18)14(12)10(3)4/h5-6,9-10,12-14H,7-8H2,1-4H3. The molecule has 1 saturated heterocycles. The molecule has 2 heterocycles. The molecule has 98 valence electrons. The fourth-order valence-corrected chi connectivity index (χ4v) is 3.52. The van der Waals surface area contributed by atoms with Crippen LogP contribution in [0.25, 0.3) is 0 Å². The van der Waals surface area contributed by atoms with Gasteiger partial charge in [-0.15, -0.1) is 0 Å². The molecule has 2 fully saturated rings. The molecule has 1 aromatic rings. The van der Waals surface area contributed by atoms with Crippen LogP contribution in [0.15, 0.2) is 12.4 Å². The maximum absolute atomic E-state index is 4.52. The van der Waals surface area contributed by atoms with E-state index in [0.29, 0.717) is 5.92 Å². The molecule has 0 N–H and O–H groups in total. The third kappa shape index (κ3) is 1.90. The fourth-order valence-electron chi connectivity index (χ4n) is 3.52. The molecular formula is C15H23N3. The van der Waals surface area contributed by atoms with E-state index in [4.69, 9.17) is 0 Å². The van der Waals surface area contributed by atoms with Crippen molar-refractivity contribution >= 4 is 5.95 Å². The zero-order valence-corrected chi connectivity index (χ0v) is 11.8. The Bertz CT molecular complexity index is 412. The van der Waals surface area contributed by atoms with E-state index in [0.717, 1.165) is 42.7 Å². The van der Waals surface area contributed by atoms with Gasteiger partial charge in [0, 0.05) is 25.5 Å². The van der Waals surface area contributed by atoms with E-state index in [1.54, 1.807) is 0 Å². The lowest BCUT2D eigenvalue weighted by Crippen LogP contribution is -2.26. The highest BCUT2D eigenvalue weighted by Crippen LogP contribution is 2.55. The minimum absolute atomic E-state index is 0.511. The van der Waals surface area contributed by atoms with Gasteiger partial charge in [-0.3, -0.25) is 0 Å². The first-order chi connectivity index (χ1) is 8.58. The predicted octanol–water partition coefficient (Wildman–Crippen LogP) is 2.94. The van der Waals surface area contributed by atoms with Gasteiger partial charge in [0.15, 0.2) is 0 Å². The molecule has 3 nitrogen and oxygen atoms in total. The molecule has 3 rings (SSSR count). The summed E-state index contributed by atoms with van der Waals surface area (Å²) in [5.41, 5.74) is 1.23. The lowest BCUT2D eigenvalue weighted by molar-refractivity contribution is 0.478. The molecule has 3 heteroatoms. The Hall–Kier alpha value is -1.12. The van der Waals surface area contributed by atoms with Crippen molar-refractivity contribution in [2.75, 3.05) is 18.0 Å². The lowest BCUT2D eigenvalue weighted by atomic mass is 10.1. The van der Waals surface area contributed by atoms with Crippen LogP contribution in [0.1, 0.15) is 39.2 Å². The number of hydrogen-bond acceptors (Lipinski definition) is 3. The summed E-state index contributed by atoms with van der Waals surface area (Å²) in [5, 5.41) is 0. The van der Waals surface area contributed by atoms with Gasteiger partial charge < -0.3 is 4.90 Å². The van der Waals surface area contributed by atoms with Gasteiger partial charge in [-0.05, 0) is 35.2 Å². The Morgan fingerprint density at radius 3 is 2.06 bits per heavy atom. The van der Waals surface area contributed by atoms with E-state index in [1.807, 2.05) is 12.4 Å². The first kappa shape index (κ1) is 11.9. The van der Waals surface area contributed by atoms with Crippen LogP contribution in [0.5, 0.6) is 0 Å². The van der Waals surface area contributed by atoms with Gasteiger partial charge in [-0.2, -0.15) is 0 Å². The minimum Gasteiger partial charge on any atom is -0.340 e.